The molecule has 1 aliphatic carbocycles. The Kier molecular flexibility index (Phi) is 7.82. The molecule has 41 heavy (non-hydrogen) atoms. The molecule has 0 fully saturated rings. The molecule has 1 atom stereocenters. The lowest BCUT2D eigenvalue weighted by Crippen LogP contribution is -2.11. The summed E-state index contributed by atoms with van der Waals surface area (Å²) in [6, 6.07) is 30.1. The number of methoxy groups -OCH3 is 2. The van der Waals surface area contributed by atoms with Gasteiger partial charge in [0.25, 0.3) is 0 Å². The van der Waals surface area contributed by atoms with Crippen molar-refractivity contribution in [3.8, 4) is 11.5 Å². The van der Waals surface area contributed by atoms with E-state index in [2.05, 4.69) is 41.4 Å². The summed E-state index contributed by atoms with van der Waals surface area (Å²) in [5, 5.41) is 7.20. The first-order chi connectivity index (χ1) is 20.2. The van der Waals surface area contributed by atoms with Crippen LogP contribution >= 0.6 is 0 Å². The zero-order chi connectivity index (χ0) is 28.2. The lowest BCUT2D eigenvalue weighted by atomic mass is 9.77. The summed E-state index contributed by atoms with van der Waals surface area (Å²) in [6.07, 6.45) is 9.23. The average Bonchev–Trinajstić information content (AvgIpc) is 3.03. The third-order valence-electron chi connectivity index (χ3n) is 8.34. The van der Waals surface area contributed by atoms with Crippen molar-refractivity contribution in [1.29, 1.82) is 0 Å². The molecule has 1 aromatic heterocycles. The van der Waals surface area contributed by atoms with E-state index in [1.165, 1.54) is 56.5 Å². The van der Waals surface area contributed by atoms with Gasteiger partial charge in [0, 0.05) is 12.4 Å². The van der Waals surface area contributed by atoms with Gasteiger partial charge in [0.1, 0.15) is 17.3 Å². The quantitative estimate of drug-likeness (QED) is 0.203. The van der Waals surface area contributed by atoms with Crippen LogP contribution in [-0.4, -0.2) is 19.2 Å². The molecule has 0 aliphatic heterocycles. The summed E-state index contributed by atoms with van der Waals surface area (Å²) in [5.41, 5.74) is 4.12. The molecule has 0 spiro atoms. The molecule has 1 aliphatic rings. The summed E-state index contributed by atoms with van der Waals surface area (Å²) in [5.74, 6) is 2.06. The van der Waals surface area contributed by atoms with Crippen molar-refractivity contribution in [3.63, 3.8) is 0 Å². The molecule has 0 N–H and O–H groups in total. The van der Waals surface area contributed by atoms with Crippen LogP contribution in [0.1, 0.15) is 41.9 Å². The number of ether oxygens (including phenoxy) is 2. The van der Waals surface area contributed by atoms with Crippen LogP contribution in [0.2, 0.25) is 0 Å². The van der Waals surface area contributed by atoms with E-state index < -0.39 is 0 Å². The maximum Gasteiger partial charge on any atom is 0.131 e. The lowest BCUT2D eigenvalue weighted by molar-refractivity contribution is 0.405. The van der Waals surface area contributed by atoms with Crippen molar-refractivity contribution < 1.29 is 13.9 Å². The number of aromatic nitrogens is 1. The van der Waals surface area contributed by atoms with Crippen LogP contribution in [0.25, 0.3) is 32.3 Å². The largest absolute Gasteiger partial charge is 0.496 e. The summed E-state index contributed by atoms with van der Waals surface area (Å²) >= 11 is 0. The number of hydrogen-bond acceptors (Lipinski definition) is 3. The molecule has 0 bridgehead atoms. The second kappa shape index (κ2) is 12.0. The first-order valence-electron chi connectivity index (χ1n) is 14.3. The van der Waals surface area contributed by atoms with Crippen LogP contribution < -0.4 is 9.47 Å². The number of benzene rings is 5. The van der Waals surface area contributed by atoms with E-state index in [-0.39, 0.29) is 5.82 Å². The van der Waals surface area contributed by atoms with Crippen molar-refractivity contribution in [2.45, 2.75) is 38.0 Å². The minimum atomic E-state index is -0.170. The number of aryl methyl sites for hydroxylation is 2. The number of halogens is 1. The van der Waals surface area contributed by atoms with Gasteiger partial charge in [-0.2, -0.15) is 0 Å². The van der Waals surface area contributed by atoms with Crippen LogP contribution in [-0.2, 0) is 12.8 Å². The normalized spacial score (nSPS) is 14.4. The highest BCUT2D eigenvalue weighted by atomic mass is 19.1. The SMILES string of the molecule is COc1cccc2c1c(OC)cc1c3c(ccc12)C(CCc1ccc(F)cc1)CCC3.c1ccc2cnccc2c1. The number of fused-ring (bicyclic) bond motifs is 6. The van der Waals surface area contributed by atoms with Crippen LogP contribution in [0.15, 0.2) is 103 Å². The number of rotatable bonds is 5. The molecular formula is C37H34FNO2. The molecule has 3 nitrogen and oxygen atoms in total. The Hall–Kier alpha value is -4.44. The second-order valence-corrected chi connectivity index (χ2v) is 10.7. The third kappa shape index (κ3) is 5.47. The Labute approximate surface area is 240 Å². The van der Waals surface area contributed by atoms with Gasteiger partial charge in [-0.15, -0.1) is 0 Å². The molecule has 206 valence electrons. The molecule has 0 radical (unpaired) electrons. The Balaban J connectivity index is 0.000000253. The number of nitrogens with zero attached hydrogens (tertiary/aromatic N) is 1. The van der Waals surface area contributed by atoms with Gasteiger partial charge in [-0.25, -0.2) is 4.39 Å². The van der Waals surface area contributed by atoms with Crippen LogP contribution in [0.5, 0.6) is 11.5 Å². The maximum absolute atomic E-state index is 13.2. The minimum Gasteiger partial charge on any atom is -0.496 e. The molecule has 1 unspecified atom stereocenters. The maximum atomic E-state index is 13.2. The van der Waals surface area contributed by atoms with Crippen molar-refractivity contribution in [1.82, 2.24) is 4.98 Å². The van der Waals surface area contributed by atoms with Gasteiger partial charge in [0.05, 0.1) is 19.6 Å². The van der Waals surface area contributed by atoms with Crippen molar-refractivity contribution >= 4 is 32.3 Å². The zero-order valence-corrected chi connectivity index (χ0v) is 23.6. The summed E-state index contributed by atoms with van der Waals surface area (Å²) in [7, 11) is 3.44. The molecule has 0 saturated heterocycles. The predicted molar refractivity (Wildman–Crippen MR) is 167 cm³/mol. The molecule has 5 aromatic carbocycles. The lowest BCUT2D eigenvalue weighted by Gasteiger charge is -2.27. The molecule has 0 amide bonds. The molecule has 6 aromatic rings. The van der Waals surface area contributed by atoms with Gasteiger partial charge >= 0.3 is 0 Å². The van der Waals surface area contributed by atoms with Crippen LogP contribution in [0.4, 0.5) is 4.39 Å². The first-order valence-corrected chi connectivity index (χ1v) is 14.3. The van der Waals surface area contributed by atoms with Crippen LogP contribution in [0, 0.1) is 5.82 Å². The average molecular weight is 544 g/mol. The van der Waals surface area contributed by atoms with Gasteiger partial charge in [0.2, 0.25) is 0 Å². The Morgan fingerprint density at radius 1 is 0.780 bits per heavy atom. The predicted octanol–water partition coefficient (Wildman–Crippen LogP) is 9.44. The van der Waals surface area contributed by atoms with Gasteiger partial charge in [0.15, 0.2) is 0 Å². The number of hydrogen-bond donors (Lipinski definition) is 0. The Bertz CT molecular complexity index is 1750. The molecular weight excluding hydrogens is 509 g/mol. The molecule has 0 saturated carbocycles. The Morgan fingerprint density at radius 2 is 1.59 bits per heavy atom. The van der Waals surface area contributed by atoms with E-state index in [1.54, 1.807) is 26.4 Å². The monoisotopic (exact) mass is 543 g/mol. The van der Waals surface area contributed by atoms with E-state index in [1.807, 2.05) is 54.9 Å². The second-order valence-electron chi connectivity index (χ2n) is 10.7. The van der Waals surface area contributed by atoms with Gasteiger partial charge in [-0.1, -0.05) is 60.7 Å². The topological polar surface area (TPSA) is 31.4 Å². The zero-order valence-electron chi connectivity index (χ0n) is 23.6. The smallest absolute Gasteiger partial charge is 0.131 e. The third-order valence-corrected chi connectivity index (χ3v) is 8.34. The Morgan fingerprint density at radius 3 is 2.37 bits per heavy atom. The van der Waals surface area contributed by atoms with Crippen LogP contribution in [0.3, 0.4) is 0 Å². The summed E-state index contributed by atoms with van der Waals surface area (Å²) < 4.78 is 24.7. The van der Waals surface area contributed by atoms with Crippen molar-refractivity contribution in [2.75, 3.05) is 14.2 Å². The first kappa shape index (κ1) is 26.8. The summed E-state index contributed by atoms with van der Waals surface area (Å²) in [6.45, 7) is 0. The van der Waals surface area contributed by atoms with E-state index in [9.17, 15) is 4.39 Å². The van der Waals surface area contributed by atoms with Gasteiger partial charge in [-0.3, -0.25) is 4.98 Å². The fourth-order valence-corrected chi connectivity index (χ4v) is 6.29. The fraction of sp³-hybridized carbons (Fsp3) is 0.216. The fourth-order valence-electron chi connectivity index (χ4n) is 6.29. The van der Waals surface area contributed by atoms with Gasteiger partial charge in [-0.05, 0) is 112 Å². The highest BCUT2D eigenvalue weighted by Gasteiger charge is 2.23. The summed E-state index contributed by atoms with van der Waals surface area (Å²) in [4.78, 5) is 4.01. The van der Waals surface area contributed by atoms with Crippen molar-refractivity contribution in [2.24, 2.45) is 0 Å². The van der Waals surface area contributed by atoms with Crippen molar-refractivity contribution in [3.05, 3.63) is 126 Å². The van der Waals surface area contributed by atoms with E-state index >= 15 is 0 Å². The van der Waals surface area contributed by atoms with Gasteiger partial charge < -0.3 is 9.47 Å². The number of pyridine rings is 1. The highest BCUT2D eigenvalue weighted by molar-refractivity contribution is 6.13. The molecule has 7 rings (SSSR count). The van der Waals surface area contributed by atoms with E-state index in [4.69, 9.17) is 9.47 Å². The minimum absolute atomic E-state index is 0.170. The molecule has 4 heteroatoms. The highest BCUT2D eigenvalue weighted by Crippen LogP contribution is 2.44. The molecule has 1 heterocycles. The standard InChI is InChI=1S/C28H27FO2.C9H7N/c1-30-26-8-4-7-24-23-16-15-21-19(12-9-18-10-13-20(29)14-11-18)5-3-6-22(21)25(23)17-27(31-2)28(24)26;1-2-4-9-7-10-6-5-8(9)3-1/h4,7-8,10-11,13-17,19H,3,5-6,9,12H2,1-2H3;1-7H. The van der Waals surface area contributed by atoms with E-state index in [0.29, 0.717) is 5.92 Å². The van der Waals surface area contributed by atoms with E-state index in [0.717, 1.165) is 36.1 Å².